The summed E-state index contributed by atoms with van der Waals surface area (Å²) in [6.07, 6.45) is 2.30. The first kappa shape index (κ1) is 12.1. The maximum Gasteiger partial charge on any atom is 0.0568 e. The Bertz CT molecular complexity index is 582. The van der Waals surface area contributed by atoms with Gasteiger partial charge in [-0.25, -0.2) is 0 Å². The zero-order valence-electron chi connectivity index (χ0n) is 9.79. The van der Waals surface area contributed by atoms with Crippen LogP contribution in [0.4, 0.5) is 5.69 Å². The van der Waals surface area contributed by atoms with E-state index < -0.39 is 0 Å². The molecule has 0 bridgehead atoms. The lowest BCUT2D eigenvalue weighted by Gasteiger charge is -2.16. The SMILES string of the molecule is Clc1cc(NC2CCc3ccccc32)ccc1Br. The van der Waals surface area contributed by atoms with Gasteiger partial charge in [0.1, 0.15) is 0 Å². The number of fused-ring (bicyclic) bond motifs is 1. The molecule has 3 rings (SSSR count). The van der Waals surface area contributed by atoms with Gasteiger partial charge >= 0.3 is 0 Å². The number of rotatable bonds is 2. The van der Waals surface area contributed by atoms with Crippen LogP contribution in [0, 0.1) is 0 Å². The number of halogens is 2. The minimum absolute atomic E-state index is 0.401. The molecule has 2 aromatic carbocycles. The maximum absolute atomic E-state index is 6.11. The summed E-state index contributed by atoms with van der Waals surface area (Å²) in [7, 11) is 0. The third-order valence-electron chi connectivity index (χ3n) is 3.39. The Balaban J connectivity index is 1.84. The van der Waals surface area contributed by atoms with Crippen LogP contribution in [0.1, 0.15) is 23.6 Å². The third-order valence-corrected chi connectivity index (χ3v) is 4.63. The molecule has 0 heterocycles. The van der Waals surface area contributed by atoms with Crippen molar-refractivity contribution in [3.63, 3.8) is 0 Å². The molecule has 0 amide bonds. The minimum atomic E-state index is 0.401. The van der Waals surface area contributed by atoms with E-state index in [2.05, 4.69) is 51.6 Å². The summed E-state index contributed by atoms with van der Waals surface area (Å²) < 4.78 is 0.932. The molecule has 0 spiro atoms. The highest BCUT2D eigenvalue weighted by Gasteiger charge is 2.21. The zero-order chi connectivity index (χ0) is 12.5. The van der Waals surface area contributed by atoms with E-state index in [1.165, 1.54) is 11.1 Å². The van der Waals surface area contributed by atoms with Crippen molar-refractivity contribution in [2.45, 2.75) is 18.9 Å². The van der Waals surface area contributed by atoms with E-state index in [0.717, 1.165) is 28.0 Å². The van der Waals surface area contributed by atoms with Crippen molar-refractivity contribution in [2.24, 2.45) is 0 Å². The largest absolute Gasteiger partial charge is 0.378 e. The van der Waals surface area contributed by atoms with Crippen LogP contribution in [0.5, 0.6) is 0 Å². The van der Waals surface area contributed by atoms with Crippen molar-refractivity contribution in [2.75, 3.05) is 5.32 Å². The Morgan fingerprint density at radius 2 is 2.00 bits per heavy atom. The molecule has 3 heteroatoms. The molecule has 92 valence electrons. The average molecular weight is 323 g/mol. The number of anilines is 1. The minimum Gasteiger partial charge on any atom is -0.378 e. The topological polar surface area (TPSA) is 12.0 Å². The predicted molar refractivity (Wildman–Crippen MR) is 80.3 cm³/mol. The van der Waals surface area contributed by atoms with Crippen LogP contribution in [0.3, 0.4) is 0 Å². The average Bonchev–Trinajstić information content (AvgIpc) is 2.78. The number of nitrogens with one attached hydrogen (secondary N) is 1. The molecule has 0 aliphatic heterocycles. The van der Waals surface area contributed by atoms with Gasteiger partial charge in [0.05, 0.1) is 11.1 Å². The molecule has 2 aromatic rings. The van der Waals surface area contributed by atoms with Crippen LogP contribution in [-0.2, 0) is 6.42 Å². The fourth-order valence-corrected chi connectivity index (χ4v) is 2.92. The van der Waals surface area contributed by atoms with Gasteiger partial charge in [0, 0.05) is 10.2 Å². The third kappa shape index (κ3) is 2.27. The first-order valence-corrected chi connectivity index (χ1v) is 7.20. The van der Waals surface area contributed by atoms with Gasteiger partial charge in [-0.3, -0.25) is 0 Å². The van der Waals surface area contributed by atoms with Crippen LogP contribution in [0.25, 0.3) is 0 Å². The predicted octanol–water partition coefficient (Wildman–Crippen LogP) is 5.20. The highest BCUT2D eigenvalue weighted by Crippen LogP contribution is 2.34. The molecule has 1 atom stereocenters. The van der Waals surface area contributed by atoms with Gasteiger partial charge in [-0.05, 0) is 58.1 Å². The summed E-state index contributed by atoms with van der Waals surface area (Å²) in [5.74, 6) is 0. The molecule has 1 aliphatic carbocycles. The number of hydrogen-bond donors (Lipinski definition) is 1. The smallest absolute Gasteiger partial charge is 0.0568 e. The van der Waals surface area contributed by atoms with Gasteiger partial charge in [-0.2, -0.15) is 0 Å². The lowest BCUT2D eigenvalue weighted by Crippen LogP contribution is -2.06. The molecule has 1 unspecified atom stereocenters. The molecule has 0 saturated carbocycles. The quantitative estimate of drug-likeness (QED) is 0.801. The Kier molecular flexibility index (Phi) is 3.31. The summed E-state index contributed by atoms with van der Waals surface area (Å²) in [5, 5.41) is 4.30. The first-order valence-electron chi connectivity index (χ1n) is 6.03. The van der Waals surface area contributed by atoms with Crippen molar-refractivity contribution >= 4 is 33.2 Å². The first-order chi connectivity index (χ1) is 8.74. The van der Waals surface area contributed by atoms with Crippen molar-refractivity contribution in [1.82, 2.24) is 0 Å². The molecule has 18 heavy (non-hydrogen) atoms. The fraction of sp³-hybridized carbons (Fsp3) is 0.200. The molecular formula is C15H13BrClN. The summed E-state index contributed by atoms with van der Waals surface area (Å²) >= 11 is 9.52. The van der Waals surface area contributed by atoms with Gasteiger partial charge < -0.3 is 5.32 Å². The van der Waals surface area contributed by atoms with E-state index in [1.54, 1.807) is 0 Å². The number of aryl methyl sites for hydroxylation is 1. The summed E-state index contributed by atoms with van der Waals surface area (Å²) in [6.45, 7) is 0. The highest BCUT2D eigenvalue weighted by molar-refractivity contribution is 9.10. The number of hydrogen-bond acceptors (Lipinski definition) is 1. The molecule has 1 aliphatic rings. The van der Waals surface area contributed by atoms with E-state index in [0.29, 0.717) is 6.04 Å². The standard InChI is InChI=1S/C15H13BrClN/c16-13-7-6-11(9-14(13)17)18-15-8-5-10-3-1-2-4-12(10)15/h1-4,6-7,9,15,18H,5,8H2. The Labute approximate surface area is 120 Å². The van der Waals surface area contributed by atoms with Crippen molar-refractivity contribution in [3.05, 3.63) is 63.1 Å². The summed E-state index contributed by atoms with van der Waals surface area (Å²) in [5.41, 5.74) is 3.94. The van der Waals surface area contributed by atoms with Crippen molar-refractivity contribution in [3.8, 4) is 0 Å². The zero-order valence-corrected chi connectivity index (χ0v) is 12.1. The number of benzene rings is 2. The molecule has 1 nitrogen and oxygen atoms in total. The Morgan fingerprint density at radius 1 is 1.17 bits per heavy atom. The van der Waals surface area contributed by atoms with Crippen molar-refractivity contribution in [1.29, 1.82) is 0 Å². The fourth-order valence-electron chi connectivity index (χ4n) is 2.49. The highest BCUT2D eigenvalue weighted by atomic mass is 79.9. The van der Waals surface area contributed by atoms with Gasteiger partial charge in [-0.1, -0.05) is 35.9 Å². The second-order valence-electron chi connectivity index (χ2n) is 4.56. The second kappa shape index (κ2) is 4.94. The molecular weight excluding hydrogens is 310 g/mol. The van der Waals surface area contributed by atoms with Crippen LogP contribution < -0.4 is 5.32 Å². The lowest BCUT2D eigenvalue weighted by molar-refractivity contribution is 0.762. The Morgan fingerprint density at radius 3 is 2.83 bits per heavy atom. The van der Waals surface area contributed by atoms with Gasteiger partial charge in [-0.15, -0.1) is 0 Å². The van der Waals surface area contributed by atoms with E-state index in [1.807, 2.05) is 12.1 Å². The molecule has 0 saturated heterocycles. The van der Waals surface area contributed by atoms with Crippen LogP contribution in [0.2, 0.25) is 5.02 Å². The van der Waals surface area contributed by atoms with Gasteiger partial charge in [0.25, 0.3) is 0 Å². The monoisotopic (exact) mass is 321 g/mol. The normalized spacial score (nSPS) is 17.6. The van der Waals surface area contributed by atoms with E-state index in [9.17, 15) is 0 Å². The summed E-state index contributed by atoms with van der Waals surface area (Å²) in [6, 6.07) is 15.0. The van der Waals surface area contributed by atoms with E-state index in [4.69, 9.17) is 11.6 Å². The van der Waals surface area contributed by atoms with E-state index in [-0.39, 0.29) is 0 Å². The molecule has 0 aromatic heterocycles. The van der Waals surface area contributed by atoms with Crippen LogP contribution >= 0.6 is 27.5 Å². The van der Waals surface area contributed by atoms with Crippen LogP contribution in [0.15, 0.2) is 46.9 Å². The second-order valence-corrected chi connectivity index (χ2v) is 5.82. The van der Waals surface area contributed by atoms with Gasteiger partial charge in [0.15, 0.2) is 0 Å². The van der Waals surface area contributed by atoms with E-state index >= 15 is 0 Å². The van der Waals surface area contributed by atoms with Crippen LogP contribution in [-0.4, -0.2) is 0 Å². The van der Waals surface area contributed by atoms with Crippen molar-refractivity contribution < 1.29 is 0 Å². The maximum atomic E-state index is 6.11. The molecule has 1 N–H and O–H groups in total. The summed E-state index contributed by atoms with van der Waals surface area (Å²) in [4.78, 5) is 0. The van der Waals surface area contributed by atoms with Gasteiger partial charge in [0.2, 0.25) is 0 Å². The molecule has 0 fully saturated rings. The molecule has 0 radical (unpaired) electrons. The lowest BCUT2D eigenvalue weighted by atomic mass is 10.1. The Hall–Kier alpha value is -0.990.